The normalized spacial score (nSPS) is 12.0. The van der Waals surface area contributed by atoms with Gasteiger partial charge in [-0.2, -0.15) is 0 Å². The van der Waals surface area contributed by atoms with E-state index >= 15 is 0 Å². The average Bonchev–Trinajstić information content (AvgIpc) is 2.94. The lowest BCUT2D eigenvalue weighted by molar-refractivity contribution is 0.601. The second-order valence-electron chi connectivity index (χ2n) is 4.18. The average molecular weight is 426 g/mol. The number of nitrogens with one attached hydrogen (secondary N) is 2. The van der Waals surface area contributed by atoms with Crippen molar-refractivity contribution < 1.29 is 8.42 Å². The molecule has 9 heteroatoms. The van der Waals surface area contributed by atoms with Gasteiger partial charge in [-0.3, -0.25) is 4.72 Å². The van der Waals surface area contributed by atoms with E-state index < -0.39 is 10.0 Å². The van der Waals surface area contributed by atoms with Gasteiger partial charge < -0.3 is 4.98 Å². The predicted octanol–water partition coefficient (Wildman–Crippen LogP) is 5.10. The van der Waals surface area contributed by atoms with E-state index in [9.17, 15) is 8.42 Å². The van der Waals surface area contributed by atoms with E-state index in [-0.39, 0.29) is 13.7 Å². The van der Waals surface area contributed by atoms with Crippen LogP contribution in [0.25, 0.3) is 10.9 Å². The second kappa shape index (κ2) is 5.48. The first kappa shape index (κ1) is 15.2. The first-order valence-electron chi connectivity index (χ1n) is 5.62. The van der Waals surface area contributed by atoms with Gasteiger partial charge in [-0.25, -0.2) is 8.42 Å². The summed E-state index contributed by atoms with van der Waals surface area (Å²) >= 11 is 16.0. The third kappa shape index (κ3) is 2.80. The molecule has 0 aliphatic rings. The van der Waals surface area contributed by atoms with Crippen molar-refractivity contribution in [2.24, 2.45) is 0 Å². The molecule has 1 aromatic carbocycles. The van der Waals surface area contributed by atoms with Gasteiger partial charge in [0.2, 0.25) is 0 Å². The van der Waals surface area contributed by atoms with E-state index in [1.807, 2.05) is 6.07 Å². The number of thiophene rings is 1. The minimum atomic E-state index is -3.82. The maximum atomic E-state index is 12.4. The lowest BCUT2D eigenvalue weighted by atomic mass is 10.2. The van der Waals surface area contributed by atoms with E-state index in [2.05, 4.69) is 25.6 Å². The van der Waals surface area contributed by atoms with Gasteiger partial charge in [-0.15, -0.1) is 11.3 Å². The smallest absolute Gasteiger partial charge is 0.265 e. The molecule has 0 bridgehead atoms. The number of halogens is 3. The highest BCUT2D eigenvalue weighted by Gasteiger charge is 2.26. The molecule has 0 spiro atoms. The highest BCUT2D eigenvalue weighted by atomic mass is 79.9. The van der Waals surface area contributed by atoms with Gasteiger partial charge in [0, 0.05) is 22.8 Å². The predicted molar refractivity (Wildman–Crippen MR) is 91.1 cm³/mol. The van der Waals surface area contributed by atoms with Crippen LogP contribution < -0.4 is 4.72 Å². The molecule has 0 saturated heterocycles. The molecule has 110 valence electrons. The molecule has 21 heavy (non-hydrogen) atoms. The number of benzene rings is 1. The van der Waals surface area contributed by atoms with Crippen LogP contribution in [0.2, 0.25) is 8.67 Å². The fourth-order valence-electron chi connectivity index (χ4n) is 1.89. The van der Waals surface area contributed by atoms with Crippen LogP contribution in [0.1, 0.15) is 0 Å². The number of anilines is 1. The van der Waals surface area contributed by atoms with Crippen LogP contribution in [0.4, 0.5) is 5.69 Å². The summed E-state index contributed by atoms with van der Waals surface area (Å²) in [4.78, 5) is 2.99. The molecule has 0 aliphatic carbocycles. The number of H-pyrrole nitrogens is 1. The summed E-state index contributed by atoms with van der Waals surface area (Å²) in [5.74, 6) is 0. The second-order valence-corrected chi connectivity index (χ2v) is 8.81. The quantitative estimate of drug-likeness (QED) is 0.613. The summed E-state index contributed by atoms with van der Waals surface area (Å²) in [5.41, 5.74) is 1.38. The number of rotatable bonds is 3. The summed E-state index contributed by atoms with van der Waals surface area (Å²) in [6.07, 6.45) is 1.79. The standard InChI is InChI=1S/C12H7BrCl2N2O2S2/c13-9-10(12(15)20-11(9)14)21(18,19)17-7-1-2-8-6(5-7)3-4-16-8/h1-5,16-17H. The molecule has 0 unspecified atom stereocenters. The maximum absolute atomic E-state index is 12.4. The summed E-state index contributed by atoms with van der Waals surface area (Å²) in [6, 6.07) is 7.06. The van der Waals surface area contributed by atoms with Gasteiger partial charge in [-0.1, -0.05) is 23.2 Å². The van der Waals surface area contributed by atoms with Crippen molar-refractivity contribution in [2.45, 2.75) is 4.90 Å². The van der Waals surface area contributed by atoms with Crippen LogP contribution in [-0.2, 0) is 10.0 Å². The van der Waals surface area contributed by atoms with E-state index in [0.29, 0.717) is 10.0 Å². The number of sulfonamides is 1. The molecule has 2 N–H and O–H groups in total. The van der Waals surface area contributed by atoms with E-state index in [1.165, 1.54) is 0 Å². The van der Waals surface area contributed by atoms with E-state index in [4.69, 9.17) is 23.2 Å². The molecule has 3 aromatic rings. The number of aromatic nitrogens is 1. The Hall–Kier alpha value is -0.730. The van der Waals surface area contributed by atoms with Crippen LogP contribution >= 0.6 is 50.5 Å². The molecule has 0 amide bonds. The fourth-order valence-corrected chi connectivity index (χ4v) is 6.50. The van der Waals surface area contributed by atoms with Crippen molar-refractivity contribution >= 4 is 77.1 Å². The Balaban J connectivity index is 2.02. The van der Waals surface area contributed by atoms with E-state index in [0.717, 1.165) is 22.2 Å². The van der Waals surface area contributed by atoms with Crippen LogP contribution in [0.3, 0.4) is 0 Å². The first-order valence-corrected chi connectivity index (χ1v) is 9.46. The molecule has 2 heterocycles. The Bertz CT molecular complexity index is 934. The number of hydrogen-bond acceptors (Lipinski definition) is 3. The Morgan fingerprint density at radius 1 is 1.19 bits per heavy atom. The van der Waals surface area contributed by atoms with E-state index in [1.54, 1.807) is 24.4 Å². The van der Waals surface area contributed by atoms with Gasteiger partial charge in [-0.05, 0) is 40.2 Å². The minimum absolute atomic E-state index is 0.0478. The zero-order chi connectivity index (χ0) is 15.2. The molecule has 0 aliphatic heterocycles. The lowest BCUT2D eigenvalue weighted by Crippen LogP contribution is -2.13. The van der Waals surface area contributed by atoms with Crippen LogP contribution in [-0.4, -0.2) is 13.4 Å². The monoisotopic (exact) mass is 424 g/mol. The van der Waals surface area contributed by atoms with Gasteiger partial charge in [0.1, 0.15) is 13.6 Å². The number of aromatic amines is 1. The molecule has 2 aromatic heterocycles. The van der Waals surface area contributed by atoms with Crippen molar-refractivity contribution in [1.29, 1.82) is 0 Å². The van der Waals surface area contributed by atoms with Crippen LogP contribution in [0, 0.1) is 0 Å². The summed E-state index contributed by atoms with van der Waals surface area (Å²) in [6.45, 7) is 0. The molecule has 0 radical (unpaired) electrons. The summed E-state index contributed by atoms with van der Waals surface area (Å²) < 4.78 is 28.1. The lowest BCUT2D eigenvalue weighted by Gasteiger charge is -2.08. The molecule has 0 fully saturated rings. The topological polar surface area (TPSA) is 62.0 Å². The largest absolute Gasteiger partial charge is 0.361 e. The van der Waals surface area contributed by atoms with Crippen molar-refractivity contribution in [1.82, 2.24) is 4.98 Å². The number of fused-ring (bicyclic) bond motifs is 1. The fraction of sp³-hybridized carbons (Fsp3) is 0. The Morgan fingerprint density at radius 2 is 1.95 bits per heavy atom. The minimum Gasteiger partial charge on any atom is -0.361 e. The molecule has 3 rings (SSSR count). The third-order valence-electron chi connectivity index (χ3n) is 2.80. The molecule has 0 atom stereocenters. The Labute approximate surface area is 143 Å². The van der Waals surface area contributed by atoms with Crippen molar-refractivity contribution in [3.8, 4) is 0 Å². The molecular formula is C12H7BrCl2N2O2S2. The third-order valence-corrected chi connectivity index (χ3v) is 7.65. The highest BCUT2D eigenvalue weighted by molar-refractivity contribution is 9.10. The maximum Gasteiger partial charge on any atom is 0.265 e. The van der Waals surface area contributed by atoms with Gasteiger partial charge in [0.25, 0.3) is 10.0 Å². The van der Waals surface area contributed by atoms with Crippen LogP contribution in [0.15, 0.2) is 39.8 Å². The molecular weight excluding hydrogens is 419 g/mol. The number of hydrogen-bond donors (Lipinski definition) is 2. The molecule has 4 nitrogen and oxygen atoms in total. The zero-order valence-electron chi connectivity index (χ0n) is 10.2. The van der Waals surface area contributed by atoms with Crippen molar-refractivity contribution in [3.05, 3.63) is 43.6 Å². The summed E-state index contributed by atoms with van der Waals surface area (Å²) in [7, 11) is -3.82. The van der Waals surface area contributed by atoms with Gasteiger partial charge in [0.05, 0.1) is 4.47 Å². The van der Waals surface area contributed by atoms with Crippen molar-refractivity contribution in [2.75, 3.05) is 4.72 Å². The van der Waals surface area contributed by atoms with Gasteiger partial charge >= 0.3 is 0 Å². The zero-order valence-corrected chi connectivity index (χ0v) is 14.9. The molecule has 0 saturated carbocycles. The van der Waals surface area contributed by atoms with Gasteiger partial charge in [0.15, 0.2) is 0 Å². The van der Waals surface area contributed by atoms with Crippen LogP contribution in [0.5, 0.6) is 0 Å². The Morgan fingerprint density at radius 3 is 2.62 bits per heavy atom. The van der Waals surface area contributed by atoms with Crippen molar-refractivity contribution in [3.63, 3.8) is 0 Å². The SMILES string of the molecule is O=S(=O)(Nc1ccc2[nH]ccc2c1)c1c(Cl)sc(Cl)c1Br. The Kier molecular flexibility index (Phi) is 3.96. The summed E-state index contributed by atoms with van der Waals surface area (Å²) in [5, 5.41) is 0.906. The first-order chi connectivity index (χ1) is 9.88. The highest BCUT2D eigenvalue weighted by Crippen LogP contribution is 2.43.